The molecule has 0 fully saturated rings. The van der Waals surface area contributed by atoms with Gasteiger partial charge in [0.25, 0.3) is 0 Å². The van der Waals surface area contributed by atoms with Gasteiger partial charge in [0.2, 0.25) is 0 Å². The summed E-state index contributed by atoms with van der Waals surface area (Å²) in [5, 5.41) is 2.29. The lowest BCUT2D eigenvalue weighted by molar-refractivity contribution is 0.258. The first-order valence-electron chi connectivity index (χ1n) is 7.50. The Morgan fingerprint density at radius 2 is 1.70 bits per heavy atom. The Bertz CT molecular complexity index is 791. The number of benzene rings is 3. The van der Waals surface area contributed by atoms with Crippen LogP contribution in [0.25, 0.3) is 10.8 Å². The fourth-order valence-electron chi connectivity index (χ4n) is 2.35. The third-order valence-corrected chi connectivity index (χ3v) is 3.57. The molecule has 0 radical (unpaired) electrons. The highest BCUT2D eigenvalue weighted by Gasteiger charge is 2.03. The van der Waals surface area contributed by atoms with E-state index in [1.807, 2.05) is 48.5 Å². The maximum atomic E-state index is 5.97. The number of hydrogen-bond donors (Lipinski definition) is 1. The van der Waals surface area contributed by atoms with Gasteiger partial charge in [0.15, 0.2) is 6.23 Å². The van der Waals surface area contributed by atoms with Crippen molar-refractivity contribution in [3.63, 3.8) is 0 Å². The third-order valence-electron chi connectivity index (χ3n) is 3.57. The molecule has 2 N–H and O–H groups in total. The van der Waals surface area contributed by atoms with Crippen molar-refractivity contribution in [1.29, 1.82) is 0 Å². The van der Waals surface area contributed by atoms with Gasteiger partial charge in [-0.2, -0.15) is 0 Å². The Labute approximate surface area is 136 Å². The molecule has 3 heteroatoms. The molecular weight excluding hydrogens is 286 g/mol. The summed E-state index contributed by atoms with van der Waals surface area (Å²) in [7, 11) is 0. The maximum Gasteiger partial charge on any atom is 0.166 e. The molecule has 0 amide bonds. The van der Waals surface area contributed by atoms with Crippen LogP contribution >= 0.6 is 0 Å². The van der Waals surface area contributed by atoms with Gasteiger partial charge in [0, 0.05) is 5.39 Å². The fourth-order valence-corrected chi connectivity index (χ4v) is 2.35. The predicted molar refractivity (Wildman–Crippen MR) is 93.5 cm³/mol. The molecule has 1 atom stereocenters. The van der Waals surface area contributed by atoms with Crippen LogP contribution in [0.4, 0.5) is 0 Å². The van der Waals surface area contributed by atoms with E-state index in [2.05, 4.69) is 24.8 Å². The van der Waals surface area contributed by atoms with Crippen molar-refractivity contribution >= 4 is 10.8 Å². The van der Waals surface area contributed by atoms with Crippen molar-refractivity contribution in [2.75, 3.05) is 0 Å². The molecule has 3 rings (SSSR count). The largest absolute Gasteiger partial charge is 0.488 e. The van der Waals surface area contributed by atoms with E-state index in [0.717, 1.165) is 16.7 Å². The number of ether oxygens (including phenoxy) is 2. The van der Waals surface area contributed by atoms with Gasteiger partial charge in [-0.05, 0) is 35.2 Å². The summed E-state index contributed by atoms with van der Waals surface area (Å²) in [6, 6.07) is 22.0. The SMILES string of the molecule is C=CC(N)Oc1ccc(COc2cccc3ccccc23)cc1. The minimum atomic E-state index is -0.493. The standard InChI is InChI=1S/C20H19NO2/c1-2-20(21)23-17-12-10-15(11-13-17)14-22-19-9-5-7-16-6-3-4-8-18(16)19/h2-13,20H,1,14,21H2. The van der Waals surface area contributed by atoms with Crippen LogP contribution in [-0.2, 0) is 6.61 Å². The van der Waals surface area contributed by atoms with Gasteiger partial charge in [-0.15, -0.1) is 0 Å². The van der Waals surface area contributed by atoms with Crippen LogP contribution in [0.5, 0.6) is 11.5 Å². The summed E-state index contributed by atoms with van der Waals surface area (Å²) >= 11 is 0. The highest BCUT2D eigenvalue weighted by Crippen LogP contribution is 2.26. The van der Waals surface area contributed by atoms with E-state index in [4.69, 9.17) is 15.2 Å². The van der Waals surface area contributed by atoms with Crippen molar-refractivity contribution in [3.8, 4) is 11.5 Å². The van der Waals surface area contributed by atoms with Crippen molar-refractivity contribution in [2.45, 2.75) is 12.8 Å². The van der Waals surface area contributed by atoms with E-state index in [0.29, 0.717) is 12.4 Å². The monoisotopic (exact) mass is 305 g/mol. The third kappa shape index (κ3) is 3.71. The van der Waals surface area contributed by atoms with Crippen LogP contribution in [-0.4, -0.2) is 6.23 Å². The molecule has 3 aromatic carbocycles. The predicted octanol–water partition coefficient (Wildman–Crippen LogP) is 4.27. The molecule has 0 spiro atoms. The molecule has 3 nitrogen and oxygen atoms in total. The molecule has 0 bridgehead atoms. The summed E-state index contributed by atoms with van der Waals surface area (Å²) in [5.41, 5.74) is 6.73. The Morgan fingerprint density at radius 1 is 0.957 bits per heavy atom. The summed E-state index contributed by atoms with van der Waals surface area (Å²) in [6.07, 6.45) is 1.06. The summed E-state index contributed by atoms with van der Waals surface area (Å²) < 4.78 is 11.4. The maximum absolute atomic E-state index is 5.97. The molecule has 1 unspecified atom stereocenters. The van der Waals surface area contributed by atoms with Crippen molar-refractivity contribution in [2.24, 2.45) is 5.73 Å². The van der Waals surface area contributed by atoms with E-state index >= 15 is 0 Å². The molecule has 0 aliphatic carbocycles. The van der Waals surface area contributed by atoms with Crippen molar-refractivity contribution in [3.05, 3.63) is 84.9 Å². The van der Waals surface area contributed by atoms with E-state index in [-0.39, 0.29) is 0 Å². The fraction of sp³-hybridized carbons (Fsp3) is 0.100. The van der Waals surface area contributed by atoms with Crippen LogP contribution in [0.2, 0.25) is 0 Å². The zero-order valence-corrected chi connectivity index (χ0v) is 12.8. The second-order valence-electron chi connectivity index (χ2n) is 5.23. The molecule has 0 saturated carbocycles. The zero-order valence-electron chi connectivity index (χ0n) is 12.8. The van der Waals surface area contributed by atoms with E-state index in [9.17, 15) is 0 Å². The van der Waals surface area contributed by atoms with Gasteiger partial charge >= 0.3 is 0 Å². The highest BCUT2D eigenvalue weighted by atomic mass is 16.5. The lowest BCUT2D eigenvalue weighted by Crippen LogP contribution is -2.23. The van der Waals surface area contributed by atoms with Gasteiger partial charge in [-0.25, -0.2) is 0 Å². The lowest BCUT2D eigenvalue weighted by atomic mass is 10.1. The van der Waals surface area contributed by atoms with E-state index < -0.39 is 6.23 Å². The Kier molecular flexibility index (Phi) is 4.60. The molecule has 116 valence electrons. The molecule has 0 aliphatic heterocycles. The summed E-state index contributed by atoms with van der Waals surface area (Å²) in [5.74, 6) is 1.60. The molecule has 23 heavy (non-hydrogen) atoms. The van der Waals surface area contributed by atoms with Crippen molar-refractivity contribution in [1.82, 2.24) is 0 Å². The van der Waals surface area contributed by atoms with Gasteiger partial charge in [0.1, 0.15) is 18.1 Å². The molecule has 0 aromatic heterocycles. The van der Waals surface area contributed by atoms with E-state index in [1.54, 1.807) is 6.08 Å². The van der Waals surface area contributed by atoms with E-state index in [1.165, 1.54) is 5.39 Å². The minimum Gasteiger partial charge on any atom is -0.488 e. The number of fused-ring (bicyclic) bond motifs is 1. The first kappa shape index (κ1) is 15.1. The van der Waals surface area contributed by atoms with Gasteiger partial charge in [-0.3, -0.25) is 5.73 Å². The minimum absolute atomic E-state index is 0.493. The Hall–Kier alpha value is -2.78. The molecule has 0 saturated heterocycles. The van der Waals surface area contributed by atoms with Gasteiger partial charge < -0.3 is 9.47 Å². The van der Waals surface area contributed by atoms with Gasteiger partial charge in [-0.1, -0.05) is 55.1 Å². The number of hydrogen-bond acceptors (Lipinski definition) is 3. The average Bonchev–Trinajstić information content (AvgIpc) is 2.61. The second kappa shape index (κ2) is 6.99. The first-order valence-corrected chi connectivity index (χ1v) is 7.50. The Balaban J connectivity index is 1.69. The summed E-state index contributed by atoms with van der Waals surface area (Å²) in [6.45, 7) is 4.09. The van der Waals surface area contributed by atoms with Gasteiger partial charge in [0.05, 0.1) is 0 Å². The lowest BCUT2D eigenvalue weighted by Gasteiger charge is -2.12. The summed E-state index contributed by atoms with van der Waals surface area (Å²) in [4.78, 5) is 0. The van der Waals surface area contributed by atoms with Crippen LogP contribution in [0, 0.1) is 0 Å². The van der Waals surface area contributed by atoms with Crippen LogP contribution in [0.3, 0.4) is 0 Å². The highest BCUT2D eigenvalue weighted by molar-refractivity contribution is 5.88. The van der Waals surface area contributed by atoms with Crippen LogP contribution in [0.1, 0.15) is 5.56 Å². The van der Waals surface area contributed by atoms with Crippen LogP contribution < -0.4 is 15.2 Å². The topological polar surface area (TPSA) is 44.5 Å². The smallest absolute Gasteiger partial charge is 0.166 e. The normalized spacial score (nSPS) is 11.9. The molecular formula is C20H19NO2. The quantitative estimate of drug-likeness (QED) is 0.546. The Morgan fingerprint density at radius 3 is 2.48 bits per heavy atom. The average molecular weight is 305 g/mol. The number of rotatable bonds is 6. The number of nitrogens with two attached hydrogens (primary N) is 1. The first-order chi connectivity index (χ1) is 11.3. The molecule has 0 aliphatic rings. The molecule has 0 heterocycles. The second-order valence-corrected chi connectivity index (χ2v) is 5.23. The molecule has 3 aromatic rings. The van der Waals surface area contributed by atoms with Crippen LogP contribution in [0.15, 0.2) is 79.4 Å². The van der Waals surface area contributed by atoms with Crippen molar-refractivity contribution < 1.29 is 9.47 Å². The zero-order chi connectivity index (χ0) is 16.1.